The first-order chi connectivity index (χ1) is 28.7. The number of fused-ring (bicyclic) bond motifs is 10. The molecule has 0 N–H and O–H groups in total. The number of furan rings is 3. The Balaban J connectivity index is 0.938. The van der Waals surface area contributed by atoms with Gasteiger partial charge in [0, 0.05) is 49.3 Å². The van der Waals surface area contributed by atoms with E-state index in [1.54, 1.807) is 0 Å². The zero-order chi connectivity index (χ0) is 38.2. The van der Waals surface area contributed by atoms with Crippen LogP contribution in [-0.4, -0.2) is 0 Å². The molecule has 58 heavy (non-hydrogen) atoms. The molecular weight excluding hydrogens is 711 g/mol. The van der Waals surface area contributed by atoms with E-state index in [1.165, 1.54) is 0 Å². The second-order valence-electron chi connectivity index (χ2n) is 14.8. The van der Waals surface area contributed by atoms with Crippen LogP contribution in [0.25, 0.3) is 99.2 Å². The molecule has 0 radical (unpaired) electrons. The molecule has 0 bridgehead atoms. The average molecular weight is 744 g/mol. The van der Waals surface area contributed by atoms with E-state index in [4.69, 9.17) is 13.3 Å². The van der Waals surface area contributed by atoms with Gasteiger partial charge in [0.05, 0.1) is 5.69 Å². The summed E-state index contributed by atoms with van der Waals surface area (Å²) in [7, 11) is 0. The summed E-state index contributed by atoms with van der Waals surface area (Å²) in [6.45, 7) is 0. The molecule has 4 nitrogen and oxygen atoms in total. The van der Waals surface area contributed by atoms with Gasteiger partial charge in [-0.2, -0.15) is 0 Å². The highest BCUT2D eigenvalue weighted by molar-refractivity contribution is 6.25. The molecule has 3 heterocycles. The van der Waals surface area contributed by atoms with E-state index in [9.17, 15) is 0 Å². The van der Waals surface area contributed by atoms with Gasteiger partial charge in [-0.15, -0.1) is 0 Å². The third-order valence-corrected chi connectivity index (χ3v) is 11.5. The van der Waals surface area contributed by atoms with Crippen molar-refractivity contribution in [1.82, 2.24) is 0 Å². The fraction of sp³-hybridized carbons (Fsp3) is 0. The van der Waals surface area contributed by atoms with Gasteiger partial charge in [-0.05, 0) is 107 Å². The normalized spacial score (nSPS) is 11.8. The van der Waals surface area contributed by atoms with E-state index in [2.05, 4.69) is 169 Å². The Morgan fingerprint density at radius 3 is 1.40 bits per heavy atom. The van der Waals surface area contributed by atoms with Gasteiger partial charge in [0.15, 0.2) is 0 Å². The molecule has 0 aliphatic rings. The largest absolute Gasteiger partial charge is 0.456 e. The number of hydrogen-bond acceptors (Lipinski definition) is 4. The van der Waals surface area contributed by atoms with E-state index in [0.717, 1.165) is 116 Å². The number of nitrogens with zero attached hydrogens (tertiary/aromatic N) is 1. The molecule has 0 amide bonds. The number of hydrogen-bond donors (Lipinski definition) is 0. The quantitative estimate of drug-likeness (QED) is 0.170. The lowest BCUT2D eigenvalue weighted by molar-refractivity contribution is 0.663. The number of anilines is 3. The second kappa shape index (κ2) is 12.9. The van der Waals surface area contributed by atoms with Crippen LogP contribution >= 0.6 is 0 Å². The summed E-state index contributed by atoms with van der Waals surface area (Å²) >= 11 is 0. The summed E-state index contributed by atoms with van der Waals surface area (Å²) in [5, 5.41) is 6.64. The molecule has 12 aromatic rings. The maximum Gasteiger partial charge on any atom is 0.136 e. The standard InChI is InChI=1S/C54H33NO3/c1-2-10-36(11-3-1)41-12-4-7-15-46(41)55(39-24-18-34(19-25-39)37-22-28-43-42-13-5-8-16-47(42)57-51(43)32-37)40-26-20-35(21-27-40)38-23-29-45-52(33-38)58-50-31-30-49-53(54(45)50)44-14-6-9-17-48(44)56-49/h1-33H. The molecule has 0 saturated heterocycles. The molecule has 0 atom stereocenters. The Morgan fingerprint density at radius 1 is 0.276 bits per heavy atom. The van der Waals surface area contributed by atoms with Gasteiger partial charge in [-0.25, -0.2) is 0 Å². The van der Waals surface area contributed by atoms with Gasteiger partial charge in [0.2, 0.25) is 0 Å². The lowest BCUT2D eigenvalue weighted by atomic mass is 9.99. The molecule has 0 aliphatic carbocycles. The Bertz CT molecular complexity index is 3500. The van der Waals surface area contributed by atoms with Crippen LogP contribution in [0.5, 0.6) is 0 Å². The SMILES string of the molecule is c1ccc(-c2ccccc2N(c2ccc(-c3ccc4c(c3)oc3ccccc34)cc2)c2ccc(-c3ccc4c(c3)oc3ccc5oc6ccccc6c5c34)cc2)cc1. The highest BCUT2D eigenvalue weighted by Gasteiger charge is 2.19. The van der Waals surface area contributed by atoms with Gasteiger partial charge in [-0.3, -0.25) is 0 Å². The maximum atomic E-state index is 6.50. The molecule has 9 aromatic carbocycles. The summed E-state index contributed by atoms with van der Waals surface area (Å²) in [5.74, 6) is 0. The average Bonchev–Trinajstić information content (AvgIpc) is 3.98. The first-order valence-electron chi connectivity index (χ1n) is 19.6. The van der Waals surface area contributed by atoms with Crippen LogP contribution in [-0.2, 0) is 0 Å². The molecule has 0 saturated carbocycles. The van der Waals surface area contributed by atoms with Crippen molar-refractivity contribution in [3.05, 3.63) is 200 Å². The van der Waals surface area contributed by atoms with E-state index in [0.29, 0.717) is 0 Å². The van der Waals surface area contributed by atoms with Crippen molar-refractivity contribution in [1.29, 1.82) is 0 Å². The van der Waals surface area contributed by atoms with Crippen LogP contribution in [0.2, 0.25) is 0 Å². The summed E-state index contributed by atoms with van der Waals surface area (Å²) in [5.41, 5.74) is 15.2. The Morgan fingerprint density at radius 2 is 0.724 bits per heavy atom. The van der Waals surface area contributed by atoms with Crippen LogP contribution in [0.3, 0.4) is 0 Å². The van der Waals surface area contributed by atoms with Crippen molar-refractivity contribution < 1.29 is 13.3 Å². The van der Waals surface area contributed by atoms with E-state index < -0.39 is 0 Å². The van der Waals surface area contributed by atoms with Gasteiger partial charge in [0.1, 0.15) is 33.5 Å². The zero-order valence-corrected chi connectivity index (χ0v) is 31.2. The topological polar surface area (TPSA) is 42.7 Å². The fourth-order valence-corrected chi connectivity index (χ4v) is 8.73. The Kier molecular flexibility index (Phi) is 7.20. The van der Waals surface area contributed by atoms with E-state index in [1.807, 2.05) is 36.4 Å². The first kappa shape index (κ1) is 32.4. The fourth-order valence-electron chi connectivity index (χ4n) is 8.73. The highest BCUT2D eigenvalue weighted by atomic mass is 16.3. The molecular formula is C54H33NO3. The van der Waals surface area contributed by atoms with Crippen LogP contribution < -0.4 is 4.90 Å². The van der Waals surface area contributed by atoms with Crippen molar-refractivity contribution >= 4 is 82.9 Å². The molecule has 0 spiro atoms. The van der Waals surface area contributed by atoms with Crippen LogP contribution in [0.4, 0.5) is 17.1 Å². The number of rotatable bonds is 6. The van der Waals surface area contributed by atoms with Crippen molar-refractivity contribution in [2.75, 3.05) is 4.90 Å². The molecule has 12 rings (SSSR count). The smallest absolute Gasteiger partial charge is 0.136 e. The summed E-state index contributed by atoms with van der Waals surface area (Å²) in [6, 6.07) is 70.4. The summed E-state index contributed by atoms with van der Waals surface area (Å²) in [4.78, 5) is 2.35. The van der Waals surface area contributed by atoms with Gasteiger partial charge < -0.3 is 18.2 Å². The van der Waals surface area contributed by atoms with Crippen LogP contribution in [0, 0.1) is 0 Å². The van der Waals surface area contributed by atoms with Crippen LogP contribution in [0.15, 0.2) is 213 Å². The van der Waals surface area contributed by atoms with Crippen molar-refractivity contribution in [3.8, 4) is 33.4 Å². The second-order valence-corrected chi connectivity index (χ2v) is 14.8. The zero-order valence-electron chi connectivity index (χ0n) is 31.2. The van der Waals surface area contributed by atoms with E-state index >= 15 is 0 Å². The molecule has 3 aromatic heterocycles. The number of para-hydroxylation sites is 3. The summed E-state index contributed by atoms with van der Waals surface area (Å²) < 4.78 is 18.9. The molecule has 0 aliphatic heterocycles. The van der Waals surface area contributed by atoms with Gasteiger partial charge in [0.25, 0.3) is 0 Å². The molecule has 0 fully saturated rings. The number of benzene rings is 9. The molecule has 272 valence electrons. The summed E-state index contributed by atoms with van der Waals surface area (Å²) in [6.07, 6.45) is 0. The van der Waals surface area contributed by atoms with E-state index in [-0.39, 0.29) is 0 Å². The minimum absolute atomic E-state index is 0.854. The minimum atomic E-state index is 0.854. The molecule has 4 heteroatoms. The third-order valence-electron chi connectivity index (χ3n) is 11.5. The highest BCUT2D eigenvalue weighted by Crippen LogP contribution is 2.44. The predicted octanol–water partition coefficient (Wildman–Crippen LogP) is 15.9. The minimum Gasteiger partial charge on any atom is -0.456 e. The lowest BCUT2D eigenvalue weighted by Crippen LogP contribution is -2.11. The van der Waals surface area contributed by atoms with Gasteiger partial charge in [-0.1, -0.05) is 121 Å². The monoisotopic (exact) mass is 743 g/mol. The molecule has 0 unspecified atom stereocenters. The lowest BCUT2D eigenvalue weighted by Gasteiger charge is -2.28. The Labute approximate surface area is 333 Å². The first-order valence-corrected chi connectivity index (χ1v) is 19.6. The van der Waals surface area contributed by atoms with Crippen molar-refractivity contribution in [2.24, 2.45) is 0 Å². The van der Waals surface area contributed by atoms with Gasteiger partial charge >= 0.3 is 0 Å². The van der Waals surface area contributed by atoms with Crippen molar-refractivity contribution in [3.63, 3.8) is 0 Å². The predicted molar refractivity (Wildman–Crippen MR) is 239 cm³/mol. The Hall–Kier alpha value is -7.82. The van der Waals surface area contributed by atoms with Crippen molar-refractivity contribution in [2.45, 2.75) is 0 Å². The third kappa shape index (κ3) is 5.16. The van der Waals surface area contributed by atoms with Crippen LogP contribution in [0.1, 0.15) is 0 Å². The maximum absolute atomic E-state index is 6.50.